The quantitative estimate of drug-likeness (QED) is 0.821. The molecule has 3 nitrogen and oxygen atoms in total. The Labute approximate surface area is 97.4 Å². The van der Waals surface area contributed by atoms with Gasteiger partial charge in [0.2, 0.25) is 0 Å². The molecule has 0 amide bonds. The lowest BCUT2D eigenvalue weighted by molar-refractivity contribution is 0.411. The lowest BCUT2D eigenvalue weighted by Crippen LogP contribution is -2.43. The van der Waals surface area contributed by atoms with Gasteiger partial charge in [0.05, 0.1) is 7.11 Å². The zero-order chi connectivity index (χ0) is 11.5. The number of nitrogens with one attached hydrogen (secondary N) is 1. The summed E-state index contributed by atoms with van der Waals surface area (Å²) >= 11 is 0. The standard InChI is InChI=1S/C13H20N2O/c1-10-11(2)13(16-3)5-4-12(10)15-8-6-14-7-9-15/h4-5,14H,6-9H2,1-3H3. The van der Waals surface area contributed by atoms with Crippen molar-refractivity contribution in [2.45, 2.75) is 13.8 Å². The normalized spacial score (nSPS) is 16.3. The van der Waals surface area contributed by atoms with E-state index in [1.54, 1.807) is 7.11 Å². The average molecular weight is 220 g/mol. The summed E-state index contributed by atoms with van der Waals surface area (Å²) in [5.41, 5.74) is 3.93. The van der Waals surface area contributed by atoms with Gasteiger partial charge in [0.25, 0.3) is 0 Å². The van der Waals surface area contributed by atoms with Crippen molar-refractivity contribution in [1.82, 2.24) is 5.32 Å². The third-order valence-corrected chi connectivity index (χ3v) is 3.39. The van der Waals surface area contributed by atoms with E-state index in [1.807, 2.05) is 0 Å². The fourth-order valence-corrected chi connectivity index (χ4v) is 2.25. The van der Waals surface area contributed by atoms with E-state index in [9.17, 15) is 0 Å². The molecule has 0 atom stereocenters. The van der Waals surface area contributed by atoms with Gasteiger partial charge in [-0.2, -0.15) is 0 Å². The Morgan fingerprint density at radius 1 is 1.12 bits per heavy atom. The molecule has 0 radical (unpaired) electrons. The fourth-order valence-electron chi connectivity index (χ4n) is 2.25. The van der Waals surface area contributed by atoms with E-state index in [1.165, 1.54) is 16.8 Å². The molecule has 1 saturated heterocycles. The number of ether oxygens (including phenoxy) is 1. The van der Waals surface area contributed by atoms with Crippen molar-refractivity contribution in [3.8, 4) is 5.75 Å². The van der Waals surface area contributed by atoms with Gasteiger partial charge in [-0.3, -0.25) is 0 Å². The molecule has 1 aliphatic heterocycles. The molecule has 1 N–H and O–H groups in total. The van der Waals surface area contributed by atoms with Crippen LogP contribution in [0.3, 0.4) is 0 Å². The van der Waals surface area contributed by atoms with E-state index in [0.717, 1.165) is 31.9 Å². The minimum Gasteiger partial charge on any atom is -0.496 e. The summed E-state index contributed by atoms with van der Waals surface area (Å²) in [6, 6.07) is 4.24. The minimum atomic E-state index is 0.983. The van der Waals surface area contributed by atoms with Gasteiger partial charge >= 0.3 is 0 Å². The molecular formula is C13H20N2O. The highest BCUT2D eigenvalue weighted by Gasteiger charge is 2.14. The summed E-state index contributed by atoms with van der Waals surface area (Å²) in [6.45, 7) is 8.63. The summed E-state index contributed by atoms with van der Waals surface area (Å²) in [5.74, 6) is 0.983. The van der Waals surface area contributed by atoms with E-state index < -0.39 is 0 Å². The van der Waals surface area contributed by atoms with Crippen molar-refractivity contribution < 1.29 is 4.74 Å². The Kier molecular flexibility index (Phi) is 3.34. The molecule has 0 bridgehead atoms. The van der Waals surface area contributed by atoms with Crippen molar-refractivity contribution in [2.24, 2.45) is 0 Å². The SMILES string of the molecule is COc1ccc(N2CCNCC2)c(C)c1C. The van der Waals surface area contributed by atoms with Crippen LogP contribution in [0.2, 0.25) is 0 Å². The number of benzene rings is 1. The molecule has 1 fully saturated rings. The van der Waals surface area contributed by atoms with Gasteiger partial charge < -0.3 is 15.0 Å². The van der Waals surface area contributed by atoms with Gasteiger partial charge in [-0.25, -0.2) is 0 Å². The Morgan fingerprint density at radius 2 is 1.81 bits per heavy atom. The second-order valence-corrected chi connectivity index (χ2v) is 4.27. The maximum atomic E-state index is 5.34. The molecule has 88 valence electrons. The first-order chi connectivity index (χ1) is 7.74. The summed E-state index contributed by atoms with van der Waals surface area (Å²) in [5, 5.41) is 3.37. The molecule has 0 aromatic heterocycles. The second kappa shape index (κ2) is 4.74. The molecule has 1 heterocycles. The van der Waals surface area contributed by atoms with E-state index in [2.05, 4.69) is 36.2 Å². The van der Waals surface area contributed by atoms with Crippen LogP contribution in [0.1, 0.15) is 11.1 Å². The molecule has 1 aromatic carbocycles. The largest absolute Gasteiger partial charge is 0.496 e. The Hall–Kier alpha value is -1.22. The number of hydrogen-bond donors (Lipinski definition) is 1. The van der Waals surface area contributed by atoms with Crippen molar-refractivity contribution in [3.63, 3.8) is 0 Å². The zero-order valence-corrected chi connectivity index (χ0v) is 10.3. The molecule has 1 aromatic rings. The van der Waals surface area contributed by atoms with Crippen LogP contribution in [-0.4, -0.2) is 33.3 Å². The van der Waals surface area contributed by atoms with Crippen LogP contribution in [0.5, 0.6) is 5.75 Å². The smallest absolute Gasteiger partial charge is 0.122 e. The van der Waals surface area contributed by atoms with E-state index >= 15 is 0 Å². The topological polar surface area (TPSA) is 24.5 Å². The molecular weight excluding hydrogens is 200 g/mol. The van der Waals surface area contributed by atoms with Gasteiger partial charge in [-0.15, -0.1) is 0 Å². The minimum absolute atomic E-state index is 0.983. The zero-order valence-electron chi connectivity index (χ0n) is 10.3. The average Bonchev–Trinajstić information content (AvgIpc) is 2.34. The molecule has 1 aliphatic rings. The summed E-state index contributed by atoms with van der Waals surface area (Å²) in [6.07, 6.45) is 0. The molecule has 0 aliphatic carbocycles. The summed E-state index contributed by atoms with van der Waals surface area (Å²) < 4.78 is 5.34. The van der Waals surface area contributed by atoms with E-state index in [0.29, 0.717) is 0 Å². The number of nitrogens with zero attached hydrogens (tertiary/aromatic N) is 1. The summed E-state index contributed by atoms with van der Waals surface area (Å²) in [7, 11) is 1.73. The molecule has 0 saturated carbocycles. The van der Waals surface area contributed by atoms with E-state index in [-0.39, 0.29) is 0 Å². The van der Waals surface area contributed by atoms with Crippen LogP contribution in [-0.2, 0) is 0 Å². The van der Waals surface area contributed by atoms with Gasteiger partial charge in [-0.05, 0) is 37.1 Å². The van der Waals surface area contributed by atoms with Crippen LogP contribution in [0.4, 0.5) is 5.69 Å². The number of anilines is 1. The third kappa shape index (κ3) is 2.00. The molecule has 0 unspecified atom stereocenters. The van der Waals surface area contributed by atoms with E-state index in [4.69, 9.17) is 4.74 Å². The van der Waals surface area contributed by atoms with Gasteiger partial charge in [-0.1, -0.05) is 0 Å². The van der Waals surface area contributed by atoms with Crippen LogP contribution in [0, 0.1) is 13.8 Å². The highest BCUT2D eigenvalue weighted by Crippen LogP contribution is 2.29. The lowest BCUT2D eigenvalue weighted by atomic mass is 10.1. The van der Waals surface area contributed by atoms with Crippen molar-refractivity contribution in [2.75, 3.05) is 38.2 Å². The Morgan fingerprint density at radius 3 is 2.44 bits per heavy atom. The van der Waals surface area contributed by atoms with Crippen molar-refractivity contribution in [3.05, 3.63) is 23.3 Å². The third-order valence-electron chi connectivity index (χ3n) is 3.39. The number of rotatable bonds is 2. The molecule has 16 heavy (non-hydrogen) atoms. The van der Waals surface area contributed by atoms with Crippen molar-refractivity contribution >= 4 is 5.69 Å². The molecule has 2 rings (SSSR count). The Balaban J connectivity index is 2.30. The molecule has 0 spiro atoms. The van der Waals surface area contributed by atoms with Gasteiger partial charge in [0.1, 0.15) is 5.75 Å². The lowest BCUT2D eigenvalue weighted by Gasteiger charge is -2.31. The Bertz CT molecular complexity index is 370. The second-order valence-electron chi connectivity index (χ2n) is 4.27. The maximum Gasteiger partial charge on any atom is 0.122 e. The predicted octanol–water partition coefficient (Wildman–Crippen LogP) is 1.72. The first-order valence-corrected chi connectivity index (χ1v) is 5.84. The van der Waals surface area contributed by atoms with Crippen molar-refractivity contribution in [1.29, 1.82) is 0 Å². The first-order valence-electron chi connectivity index (χ1n) is 5.84. The fraction of sp³-hybridized carbons (Fsp3) is 0.538. The highest BCUT2D eigenvalue weighted by atomic mass is 16.5. The summed E-state index contributed by atoms with van der Waals surface area (Å²) in [4.78, 5) is 2.44. The highest BCUT2D eigenvalue weighted by molar-refractivity contribution is 5.60. The van der Waals surface area contributed by atoms with Crippen LogP contribution in [0.25, 0.3) is 0 Å². The number of piperazine rings is 1. The predicted molar refractivity (Wildman–Crippen MR) is 67.6 cm³/mol. The maximum absolute atomic E-state index is 5.34. The number of methoxy groups -OCH3 is 1. The monoisotopic (exact) mass is 220 g/mol. The van der Waals surface area contributed by atoms with Crippen LogP contribution in [0.15, 0.2) is 12.1 Å². The van der Waals surface area contributed by atoms with Crippen LogP contribution < -0.4 is 15.0 Å². The molecule has 3 heteroatoms. The first kappa shape index (κ1) is 11.3. The number of hydrogen-bond acceptors (Lipinski definition) is 3. The van der Waals surface area contributed by atoms with Crippen LogP contribution >= 0.6 is 0 Å². The van der Waals surface area contributed by atoms with Gasteiger partial charge in [0, 0.05) is 31.9 Å². The van der Waals surface area contributed by atoms with Gasteiger partial charge in [0.15, 0.2) is 0 Å².